The summed E-state index contributed by atoms with van der Waals surface area (Å²) in [5, 5.41) is 10.1. The summed E-state index contributed by atoms with van der Waals surface area (Å²) in [6.07, 6.45) is -5.08. The molecule has 0 radical (unpaired) electrons. The van der Waals surface area contributed by atoms with Gasteiger partial charge >= 0.3 is 12.1 Å². The van der Waals surface area contributed by atoms with Crippen molar-refractivity contribution in [1.82, 2.24) is 10.2 Å². The fourth-order valence-electron chi connectivity index (χ4n) is 3.98. The summed E-state index contributed by atoms with van der Waals surface area (Å²) >= 11 is 0. The third kappa shape index (κ3) is 6.91. The fraction of sp³-hybridized carbons (Fsp3) is 0.619. The van der Waals surface area contributed by atoms with Gasteiger partial charge in [-0.25, -0.2) is 4.79 Å². The Bertz CT molecular complexity index is 787. The van der Waals surface area contributed by atoms with E-state index in [1.807, 2.05) is 0 Å². The van der Waals surface area contributed by atoms with Gasteiger partial charge in [0.05, 0.1) is 13.2 Å². The van der Waals surface area contributed by atoms with Crippen molar-refractivity contribution in [1.29, 1.82) is 0 Å². The highest BCUT2D eigenvalue weighted by molar-refractivity contribution is 5.77. The van der Waals surface area contributed by atoms with E-state index >= 15 is 0 Å². The Morgan fingerprint density at radius 1 is 1.35 bits per heavy atom. The van der Waals surface area contributed by atoms with E-state index in [1.54, 1.807) is 7.11 Å². The number of hydrogen-bond donors (Lipinski definition) is 2. The molecule has 7 nitrogen and oxygen atoms in total. The quantitative estimate of drug-likeness (QED) is 0.696. The molecule has 0 unspecified atom stereocenters. The van der Waals surface area contributed by atoms with Crippen LogP contribution in [-0.4, -0.2) is 74.6 Å². The summed E-state index contributed by atoms with van der Waals surface area (Å²) in [6, 6.07) is 6.65. The van der Waals surface area contributed by atoms with E-state index in [1.165, 1.54) is 16.7 Å². The Balaban J connectivity index is 0.000000423. The summed E-state index contributed by atoms with van der Waals surface area (Å²) in [6.45, 7) is 9.61. The van der Waals surface area contributed by atoms with Gasteiger partial charge < -0.3 is 19.9 Å². The van der Waals surface area contributed by atoms with E-state index < -0.39 is 12.1 Å². The van der Waals surface area contributed by atoms with E-state index in [-0.39, 0.29) is 17.9 Å². The number of fused-ring (bicyclic) bond motifs is 1. The summed E-state index contributed by atoms with van der Waals surface area (Å²) in [4.78, 5) is 23.2. The van der Waals surface area contributed by atoms with Gasteiger partial charge in [-0.05, 0) is 25.0 Å². The van der Waals surface area contributed by atoms with Gasteiger partial charge in [0.2, 0.25) is 5.91 Å². The van der Waals surface area contributed by atoms with Crippen molar-refractivity contribution in [3.63, 3.8) is 0 Å². The van der Waals surface area contributed by atoms with E-state index in [0.717, 1.165) is 32.8 Å². The molecule has 2 N–H and O–H groups in total. The number of nitrogens with one attached hydrogen (secondary N) is 1. The molecule has 174 valence electrons. The molecule has 0 bridgehead atoms. The highest BCUT2D eigenvalue weighted by Crippen LogP contribution is 2.41. The predicted molar refractivity (Wildman–Crippen MR) is 107 cm³/mol. The topological polar surface area (TPSA) is 88.1 Å². The van der Waals surface area contributed by atoms with Crippen LogP contribution in [0.25, 0.3) is 0 Å². The molecule has 2 aliphatic heterocycles. The largest absolute Gasteiger partial charge is 0.490 e. The van der Waals surface area contributed by atoms with Gasteiger partial charge in [0.1, 0.15) is 6.61 Å². The molecule has 0 spiro atoms. The molecule has 2 aliphatic rings. The number of methoxy groups -OCH3 is 1. The van der Waals surface area contributed by atoms with Crippen molar-refractivity contribution in [3.05, 3.63) is 34.9 Å². The molecule has 31 heavy (non-hydrogen) atoms. The zero-order chi connectivity index (χ0) is 23.2. The van der Waals surface area contributed by atoms with Crippen LogP contribution >= 0.6 is 0 Å². The summed E-state index contributed by atoms with van der Waals surface area (Å²) in [5.41, 5.74) is 4.09. The average Bonchev–Trinajstić information content (AvgIpc) is 3.20. The number of carboxylic acids is 1. The van der Waals surface area contributed by atoms with Crippen LogP contribution in [-0.2, 0) is 25.6 Å². The highest BCUT2D eigenvalue weighted by Gasteiger charge is 2.50. The first-order chi connectivity index (χ1) is 14.5. The van der Waals surface area contributed by atoms with Gasteiger partial charge in [-0.1, -0.05) is 23.8 Å². The van der Waals surface area contributed by atoms with Crippen LogP contribution in [0.2, 0.25) is 0 Å². The van der Waals surface area contributed by atoms with Crippen LogP contribution in [0, 0.1) is 25.2 Å². The maximum atomic E-state index is 11.7. The van der Waals surface area contributed by atoms with Crippen molar-refractivity contribution < 1.29 is 37.3 Å². The molecule has 0 saturated carbocycles. The number of amides is 1. The number of halogens is 3. The van der Waals surface area contributed by atoms with Crippen molar-refractivity contribution in [2.24, 2.45) is 11.3 Å². The SMILES string of the molecule is COCC(=O)NC[C@]12COC[C@H]1CN(Cc1cc(C)ccc1C)C2.O=C(O)C(F)(F)F. The zero-order valence-electron chi connectivity index (χ0n) is 17.9. The Labute approximate surface area is 179 Å². The lowest BCUT2D eigenvalue weighted by Crippen LogP contribution is -2.44. The van der Waals surface area contributed by atoms with Crippen LogP contribution in [0.3, 0.4) is 0 Å². The second-order valence-electron chi connectivity index (χ2n) is 8.19. The molecular formula is C21H29F3N2O5. The number of carboxylic acid groups (broad SMARTS) is 1. The first kappa shape index (κ1) is 25.1. The Hall–Kier alpha value is -2.17. The molecule has 2 saturated heterocycles. The van der Waals surface area contributed by atoms with Gasteiger partial charge in [0.25, 0.3) is 0 Å². The van der Waals surface area contributed by atoms with Crippen LogP contribution < -0.4 is 5.32 Å². The number of ether oxygens (including phenoxy) is 2. The van der Waals surface area contributed by atoms with Gasteiger partial charge in [-0.2, -0.15) is 13.2 Å². The second-order valence-corrected chi connectivity index (χ2v) is 8.19. The molecule has 3 rings (SSSR count). The molecule has 1 aromatic carbocycles. The lowest BCUT2D eigenvalue weighted by Gasteiger charge is -2.27. The minimum atomic E-state index is -5.08. The predicted octanol–water partition coefficient (Wildman–Crippen LogP) is 2.15. The summed E-state index contributed by atoms with van der Waals surface area (Å²) in [7, 11) is 1.54. The lowest BCUT2D eigenvalue weighted by atomic mass is 9.81. The number of rotatable bonds is 6. The van der Waals surface area contributed by atoms with Gasteiger partial charge in [-0.3, -0.25) is 9.69 Å². The minimum absolute atomic E-state index is 0.0428. The molecule has 2 fully saturated rings. The van der Waals surface area contributed by atoms with Crippen molar-refractivity contribution in [2.45, 2.75) is 26.6 Å². The number of benzene rings is 1. The number of carbonyl (C=O) groups is 2. The smallest absolute Gasteiger partial charge is 0.475 e. The Kier molecular flexibility index (Phi) is 8.44. The first-order valence-corrected chi connectivity index (χ1v) is 9.89. The molecule has 2 atom stereocenters. The maximum Gasteiger partial charge on any atom is 0.490 e. The minimum Gasteiger partial charge on any atom is -0.475 e. The number of hydrogen-bond acceptors (Lipinski definition) is 5. The number of carbonyl (C=O) groups excluding carboxylic acids is 1. The third-order valence-electron chi connectivity index (χ3n) is 5.65. The van der Waals surface area contributed by atoms with E-state index in [2.05, 4.69) is 42.3 Å². The van der Waals surface area contributed by atoms with Crippen LogP contribution in [0.5, 0.6) is 0 Å². The normalized spacial score (nSPS) is 23.1. The molecular weight excluding hydrogens is 417 g/mol. The Morgan fingerprint density at radius 2 is 2.03 bits per heavy atom. The van der Waals surface area contributed by atoms with Crippen molar-refractivity contribution in [3.8, 4) is 0 Å². The molecule has 1 aromatic rings. The van der Waals surface area contributed by atoms with Crippen LogP contribution in [0.1, 0.15) is 16.7 Å². The summed E-state index contributed by atoms with van der Waals surface area (Å²) < 4.78 is 42.4. The Morgan fingerprint density at radius 3 is 2.65 bits per heavy atom. The van der Waals surface area contributed by atoms with Crippen LogP contribution in [0.15, 0.2) is 18.2 Å². The average molecular weight is 446 g/mol. The van der Waals surface area contributed by atoms with Gasteiger partial charge in [0, 0.05) is 44.6 Å². The molecule has 1 amide bonds. The zero-order valence-corrected chi connectivity index (χ0v) is 17.9. The van der Waals surface area contributed by atoms with E-state index in [4.69, 9.17) is 19.4 Å². The third-order valence-corrected chi connectivity index (χ3v) is 5.65. The van der Waals surface area contributed by atoms with Gasteiger partial charge in [-0.15, -0.1) is 0 Å². The van der Waals surface area contributed by atoms with Crippen LogP contribution in [0.4, 0.5) is 13.2 Å². The van der Waals surface area contributed by atoms with Crippen molar-refractivity contribution in [2.75, 3.05) is 46.6 Å². The van der Waals surface area contributed by atoms with E-state index in [0.29, 0.717) is 12.5 Å². The second kappa shape index (κ2) is 10.4. The first-order valence-electron chi connectivity index (χ1n) is 9.89. The van der Waals surface area contributed by atoms with Gasteiger partial charge in [0.15, 0.2) is 0 Å². The molecule has 2 heterocycles. The number of likely N-dealkylation sites (tertiary alicyclic amines) is 1. The molecule has 0 aromatic heterocycles. The lowest BCUT2D eigenvalue weighted by molar-refractivity contribution is -0.192. The number of alkyl halides is 3. The monoisotopic (exact) mass is 446 g/mol. The number of aryl methyl sites for hydroxylation is 2. The molecule has 10 heteroatoms. The van der Waals surface area contributed by atoms with Crippen molar-refractivity contribution >= 4 is 11.9 Å². The maximum absolute atomic E-state index is 11.7. The molecule has 0 aliphatic carbocycles. The fourth-order valence-corrected chi connectivity index (χ4v) is 3.98. The highest BCUT2D eigenvalue weighted by atomic mass is 19.4. The summed E-state index contributed by atoms with van der Waals surface area (Å²) in [5.74, 6) is -2.32. The van der Waals surface area contributed by atoms with E-state index in [9.17, 15) is 18.0 Å². The standard InChI is InChI=1S/C19H28N2O3.C2HF3O2/c1-14-4-5-15(2)16(6-14)7-21-8-17-9-24-13-19(17,12-21)11-20-18(22)10-23-3;3-2(4,5)1(6)7/h4-6,17H,7-13H2,1-3H3,(H,20,22);(H,6,7)/t17-,19+;/m1./s1. The number of nitrogens with zero attached hydrogens (tertiary/aromatic N) is 1. The number of aliphatic carboxylic acids is 1.